The van der Waals surface area contributed by atoms with Crippen molar-refractivity contribution in [3.63, 3.8) is 0 Å². The summed E-state index contributed by atoms with van der Waals surface area (Å²) in [7, 11) is 0. The molecule has 0 saturated heterocycles. The number of pyridine rings is 1. The summed E-state index contributed by atoms with van der Waals surface area (Å²) in [6, 6.07) is 17.0. The van der Waals surface area contributed by atoms with E-state index in [-0.39, 0.29) is 33.7 Å². The quantitative estimate of drug-likeness (QED) is 0.496. The SMILES string of the molecule is N#CC1=C(N)Oc2c(c(=O)oc3ccc(F)cc23)C1c1ccc(-c2ccncc2)cc1. The van der Waals surface area contributed by atoms with Crippen molar-refractivity contribution in [2.45, 2.75) is 5.92 Å². The van der Waals surface area contributed by atoms with Crippen LogP contribution in [0.3, 0.4) is 0 Å². The first-order valence-electron chi connectivity index (χ1n) is 9.41. The Balaban J connectivity index is 1.72. The van der Waals surface area contributed by atoms with E-state index in [9.17, 15) is 14.4 Å². The van der Waals surface area contributed by atoms with Crippen LogP contribution in [-0.4, -0.2) is 4.98 Å². The predicted molar refractivity (Wildman–Crippen MR) is 111 cm³/mol. The van der Waals surface area contributed by atoms with Gasteiger partial charge in [-0.1, -0.05) is 24.3 Å². The Hall–Kier alpha value is -4.44. The zero-order valence-electron chi connectivity index (χ0n) is 16.0. The number of nitrogens with zero attached hydrogens (tertiary/aromatic N) is 2. The number of hydrogen-bond acceptors (Lipinski definition) is 6. The highest BCUT2D eigenvalue weighted by Gasteiger charge is 2.35. The van der Waals surface area contributed by atoms with Crippen molar-refractivity contribution in [3.8, 4) is 22.9 Å². The van der Waals surface area contributed by atoms with Crippen LogP contribution in [0.15, 0.2) is 87.7 Å². The molecule has 2 N–H and O–H groups in total. The summed E-state index contributed by atoms with van der Waals surface area (Å²) in [5, 5.41) is 10.0. The summed E-state index contributed by atoms with van der Waals surface area (Å²) < 4.78 is 24.9. The third-order valence-electron chi connectivity index (χ3n) is 5.29. The average molecular weight is 411 g/mol. The summed E-state index contributed by atoms with van der Waals surface area (Å²) in [5.74, 6) is -1.34. The molecule has 31 heavy (non-hydrogen) atoms. The van der Waals surface area contributed by atoms with Crippen molar-refractivity contribution in [3.05, 3.63) is 106 Å². The summed E-state index contributed by atoms with van der Waals surface area (Å²) in [6.45, 7) is 0. The van der Waals surface area contributed by atoms with Crippen molar-refractivity contribution in [2.75, 3.05) is 0 Å². The van der Waals surface area contributed by atoms with Gasteiger partial charge in [0.25, 0.3) is 0 Å². The molecule has 2 aromatic carbocycles. The van der Waals surface area contributed by atoms with Crippen LogP contribution in [0, 0.1) is 17.1 Å². The summed E-state index contributed by atoms with van der Waals surface area (Å²) in [4.78, 5) is 16.9. The minimum Gasteiger partial charge on any atom is -0.439 e. The molecule has 3 heterocycles. The van der Waals surface area contributed by atoms with Gasteiger partial charge in [-0.3, -0.25) is 4.98 Å². The van der Waals surface area contributed by atoms with Gasteiger partial charge in [-0.2, -0.15) is 5.26 Å². The normalized spacial score (nSPS) is 15.3. The molecule has 0 fully saturated rings. The molecule has 5 rings (SSSR count). The van der Waals surface area contributed by atoms with Crippen LogP contribution in [0.25, 0.3) is 22.1 Å². The van der Waals surface area contributed by atoms with E-state index < -0.39 is 17.4 Å². The van der Waals surface area contributed by atoms with Gasteiger partial charge in [-0.05, 0) is 47.0 Å². The second-order valence-electron chi connectivity index (χ2n) is 7.06. The smallest absolute Gasteiger partial charge is 0.344 e. The minimum atomic E-state index is -0.802. The van der Waals surface area contributed by atoms with Crippen LogP contribution >= 0.6 is 0 Å². The van der Waals surface area contributed by atoms with Crippen LogP contribution in [0.4, 0.5) is 4.39 Å². The van der Waals surface area contributed by atoms with E-state index in [2.05, 4.69) is 4.98 Å². The van der Waals surface area contributed by atoms with E-state index in [1.54, 1.807) is 12.4 Å². The van der Waals surface area contributed by atoms with Crippen molar-refractivity contribution >= 4 is 11.0 Å². The number of halogens is 1. The van der Waals surface area contributed by atoms with Gasteiger partial charge in [0.05, 0.1) is 16.9 Å². The number of benzene rings is 2. The maximum absolute atomic E-state index is 13.9. The molecule has 150 valence electrons. The second kappa shape index (κ2) is 7.11. The van der Waals surface area contributed by atoms with Crippen LogP contribution in [0.5, 0.6) is 5.75 Å². The van der Waals surface area contributed by atoms with Gasteiger partial charge >= 0.3 is 5.63 Å². The van der Waals surface area contributed by atoms with Gasteiger partial charge in [0.2, 0.25) is 5.88 Å². The lowest BCUT2D eigenvalue weighted by molar-refractivity contribution is 0.388. The fourth-order valence-corrected chi connectivity index (χ4v) is 3.84. The van der Waals surface area contributed by atoms with Gasteiger partial charge in [0.15, 0.2) is 5.75 Å². The molecule has 1 aliphatic heterocycles. The topological polar surface area (TPSA) is 102 Å². The molecule has 6 nitrogen and oxygen atoms in total. The van der Waals surface area contributed by atoms with E-state index in [1.165, 1.54) is 18.2 Å². The van der Waals surface area contributed by atoms with E-state index in [0.29, 0.717) is 5.56 Å². The Bertz CT molecular complexity index is 1450. The molecule has 0 radical (unpaired) electrons. The maximum Gasteiger partial charge on any atom is 0.344 e. The Morgan fingerprint density at radius 1 is 1.03 bits per heavy atom. The molecule has 0 amide bonds. The molecule has 7 heteroatoms. The number of nitriles is 1. The first-order valence-corrected chi connectivity index (χ1v) is 9.41. The number of fused-ring (bicyclic) bond motifs is 3. The summed E-state index contributed by atoms with van der Waals surface area (Å²) in [6.07, 6.45) is 3.40. The Kier molecular flexibility index (Phi) is 4.26. The third kappa shape index (κ3) is 3.02. The minimum absolute atomic E-state index is 0.0900. The largest absolute Gasteiger partial charge is 0.439 e. The van der Waals surface area contributed by atoms with Gasteiger partial charge in [-0.25, -0.2) is 9.18 Å². The lowest BCUT2D eigenvalue weighted by Gasteiger charge is -2.26. The van der Waals surface area contributed by atoms with Gasteiger partial charge in [-0.15, -0.1) is 0 Å². The molecule has 2 aromatic heterocycles. The highest BCUT2D eigenvalue weighted by molar-refractivity contribution is 5.86. The summed E-state index contributed by atoms with van der Waals surface area (Å²) in [5.41, 5.74) is 8.32. The molecule has 0 bridgehead atoms. The van der Waals surface area contributed by atoms with Crippen molar-refractivity contribution in [1.82, 2.24) is 4.98 Å². The third-order valence-corrected chi connectivity index (χ3v) is 5.29. The lowest BCUT2D eigenvalue weighted by Crippen LogP contribution is -2.26. The fourth-order valence-electron chi connectivity index (χ4n) is 3.84. The first kappa shape index (κ1) is 18.6. The monoisotopic (exact) mass is 411 g/mol. The molecule has 1 unspecified atom stereocenters. The standard InChI is InChI=1S/C24H14FN3O3/c25-16-5-6-19-17(11-16)22-21(24(29)30-19)20(18(12-26)23(27)31-22)15-3-1-13(2-4-15)14-7-9-28-10-8-14/h1-11,20H,27H2. The second-order valence-corrected chi connectivity index (χ2v) is 7.06. The Morgan fingerprint density at radius 2 is 1.74 bits per heavy atom. The number of nitrogens with two attached hydrogens (primary N) is 1. The molecule has 1 atom stereocenters. The van der Waals surface area contributed by atoms with Crippen LogP contribution in [-0.2, 0) is 0 Å². The molecular formula is C24H14FN3O3. The highest BCUT2D eigenvalue weighted by atomic mass is 19.1. The molecule has 1 aliphatic rings. The zero-order valence-corrected chi connectivity index (χ0v) is 16.0. The Morgan fingerprint density at radius 3 is 2.45 bits per heavy atom. The maximum atomic E-state index is 13.9. The predicted octanol–water partition coefficient (Wildman–Crippen LogP) is 4.21. The first-order chi connectivity index (χ1) is 15.1. The van der Waals surface area contributed by atoms with Crippen LogP contribution in [0.1, 0.15) is 17.0 Å². The fraction of sp³-hybridized carbons (Fsp3) is 0.0417. The highest BCUT2D eigenvalue weighted by Crippen LogP contribution is 2.43. The van der Waals surface area contributed by atoms with E-state index in [0.717, 1.165) is 11.1 Å². The lowest BCUT2D eigenvalue weighted by atomic mass is 9.83. The van der Waals surface area contributed by atoms with Gasteiger partial charge in [0, 0.05) is 12.4 Å². The number of hydrogen-bond donors (Lipinski definition) is 1. The van der Waals surface area contributed by atoms with Crippen LogP contribution < -0.4 is 16.1 Å². The molecule has 0 aliphatic carbocycles. The number of rotatable bonds is 2. The zero-order chi connectivity index (χ0) is 21.5. The van der Waals surface area contributed by atoms with Gasteiger partial charge in [0.1, 0.15) is 23.0 Å². The molecule has 0 spiro atoms. The average Bonchev–Trinajstić information content (AvgIpc) is 2.79. The van der Waals surface area contributed by atoms with Crippen molar-refractivity contribution in [1.29, 1.82) is 5.26 Å². The van der Waals surface area contributed by atoms with E-state index >= 15 is 0 Å². The van der Waals surface area contributed by atoms with Gasteiger partial charge < -0.3 is 14.9 Å². The van der Waals surface area contributed by atoms with E-state index in [1.807, 2.05) is 42.5 Å². The van der Waals surface area contributed by atoms with E-state index in [4.69, 9.17) is 14.9 Å². The number of allylic oxidation sites excluding steroid dienone is 1. The number of ether oxygens (including phenoxy) is 1. The molecule has 4 aromatic rings. The van der Waals surface area contributed by atoms with Crippen molar-refractivity contribution < 1.29 is 13.5 Å². The molecule has 0 saturated carbocycles. The van der Waals surface area contributed by atoms with Crippen molar-refractivity contribution in [2.24, 2.45) is 5.73 Å². The Labute approximate surface area is 175 Å². The molecular weight excluding hydrogens is 397 g/mol. The number of aromatic nitrogens is 1. The summed E-state index contributed by atoms with van der Waals surface area (Å²) >= 11 is 0. The van der Waals surface area contributed by atoms with Crippen LogP contribution in [0.2, 0.25) is 0 Å².